The molecule has 2 atom stereocenters. The number of nitrogens with one attached hydrogen (secondary N) is 1. The van der Waals surface area contributed by atoms with Crippen LogP contribution in [0, 0.1) is 0 Å². The number of hydrogen-bond donors (Lipinski definition) is 3. The molecule has 2 aromatic carbocycles. The predicted octanol–water partition coefficient (Wildman–Crippen LogP) is 2.44. The fraction of sp³-hybridized carbons (Fsp3) is 0.250. The summed E-state index contributed by atoms with van der Waals surface area (Å²) in [6, 6.07) is 10.1. The van der Waals surface area contributed by atoms with Gasteiger partial charge in [-0.3, -0.25) is 9.59 Å². The lowest BCUT2D eigenvalue weighted by Crippen LogP contribution is -2.44. The number of amides is 1. The molecule has 30 heavy (non-hydrogen) atoms. The van der Waals surface area contributed by atoms with Crippen molar-refractivity contribution in [2.24, 2.45) is 0 Å². The number of esters is 1. The van der Waals surface area contributed by atoms with Crippen molar-refractivity contribution in [2.45, 2.75) is 31.3 Å². The van der Waals surface area contributed by atoms with Crippen molar-refractivity contribution in [1.29, 1.82) is 0 Å². The van der Waals surface area contributed by atoms with Gasteiger partial charge in [-0.05, 0) is 23.3 Å². The Bertz CT molecular complexity index is 884. The normalized spacial score (nSPS) is 13.2. The SMILES string of the molecule is O=C(C[C@@H](NC(=O)[C@H](O)c1ccc(C(F)(F)F)cc1)C(=O)O)OCc1ccccc1. The molecular formula is C20H18F3NO6. The summed E-state index contributed by atoms with van der Waals surface area (Å²) >= 11 is 0. The van der Waals surface area contributed by atoms with Gasteiger partial charge < -0.3 is 20.3 Å². The lowest BCUT2D eigenvalue weighted by molar-refractivity contribution is -0.151. The molecule has 0 fully saturated rings. The topological polar surface area (TPSA) is 113 Å². The molecule has 10 heteroatoms. The average molecular weight is 425 g/mol. The number of hydrogen-bond acceptors (Lipinski definition) is 5. The molecular weight excluding hydrogens is 407 g/mol. The molecule has 0 heterocycles. The van der Waals surface area contributed by atoms with E-state index in [0.29, 0.717) is 17.7 Å². The Morgan fingerprint density at radius 1 is 1.00 bits per heavy atom. The second kappa shape index (κ2) is 9.88. The van der Waals surface area contributed by atoms with Crippen LogP contribution < -0.4 is 5.32 Å². The number of aliphatic hydroxyl groups excluding tert-OH is 1. The van der Waals surface area contributed by atoms with Crippen LogP contribution >= 0.6 is 0 Å². The molecule has 0 aliphatic heterocycles. The van der Waals surface area contributed by atoms with Crippen molar-refractivity contribution in [3.05, 3.63) is 71.3 Å². The molecule has 2 aromatic rings. The number of benzene rings is 2. The molecule has 1 amide bonds. The maximum Gasteiger partial charge on any atom is 0.416 e. The van der Waals surface area contributed by atoms with Crippen LogP contribution in [-0.4, -0.2) is 34.1 Å². The van der Waals surface area contributed by atoms with E-state index in [9.17, 15) is 37.8 Å². The number of aliphatic hydroxyl groups is 1. The molecule has 2 rings (SSSR count). The van der Waals surface area contributed by atoms with E-state index >= 15 is 0 Å². The summed E-state index contributed by atoms with van der Waals surface area (Å²) < 4.78 is 42.7. The van der Waals surface area contributed by atoms with Gasteiger partial charge in [0.05, 0.1) is 12.0 Å². The first kappa shape index (κ1) is 22.9. The number of halogens is 3. The van der Waals surface area contributed by atoms with Gasteiger partial charge in [-0.2, -0.15) is 13.2 Å². The van der Waals surface area contributed by atoms with Gasteiger partial charge in [0.15, 0.2) is 6.10 Å². The molecule has 0 unspecified atom stereocenters. The number of aliphatic carboxylic acids is 1. The van der Waals surface area contributed by atoms with Crippen LogP contribution in [-0.2, 0) is 31.9 Å². The molecule has 0 bridgehead atoms. The van der Waals surface area contributed by atoms with Gasteiger partial charge in [0, 0.05) is 0 Å². The molecule has 0 saturated heterocycles. The maximum atomic E-state index is 12.6. The van der Waals surface area contributed by atoms with Crippen LogP contribution in [0.15, 0.2) is 54.6 Å². The predicted molar refractivity (Wildman–Crippen MR) is 96.8 cm³/mol. The molecule has 3 N–H and O–H groups in total. The van der Waals surface area contributed by atoms with Crippen molar-refractivity contribution in [1.82, 2.24) is 5.32 Å². The van der Waals surface area contributed by atoms with Crippen molar-refractivity contribution in [3.8, 4) is 0 Å². The molecule has 0 spiro atoms. The minimum Gasteiger partial charge on any atom is -0.480 e. The van der Waals surface area contributed by atoms with Gasteiger partial charge in [-0.15, -0.1) is 0 Å². The van der Waals surface area contributed by atoms with Crippen LogP contribution in [0.5, 0.6) is 0 Å². The van der Waals surface area contributed by atoms with Crippen molar-refractivity contribution < 1.29 is 42.5 Å². The van der Waals surface area contributed by atoms with E-state index in [1.165, 1.54) is 0 Å². The number of alkyl halides is 3. The van der Waals surface area contributed by atoms with Gasteiger partial charge >= 0.3 is 18.1 Å². The van der Waals surface area contributed by atoms with Crippen LogP contribution in [0.1, 0.15) is 29.2 Å². The van der Waals surface area contributed by atoms with Crippen molar-refractivity contribution in [3.63, 3.8) is 0 Å². The number of carboxylic acids is 1. The smallest absolute Gasteiger partial charge is 0.416 e. The van der Waals surface area contributed by atoms with Gasteiger partial charge in [-0.1, -0.05) is 42.5 Å². The van der Waals surface area contributed by atoms with Crippen LogP contribution in [0.4, 0.5) is 13.2 Å². The van der Waals surface area contributed by atoms with Gasteiger partial charge in [-0.25, -0.2) is 4.79 Å². The Labute approximate surface area is 169 Å². The lowest BCUT2D eigenvalue weighted by Gasteiger charge is -2.17. The van der Waals surface area contributed by atoms with Gasteiger partial charge in [0.25, 0.3) is 5.91 Å². The summed E-state index contributed by atoms with van der Waals surface area (Å²) in [5.41, 5.74) is -0.459. The minimum atomic E-state index is -4.58. The van der Waals surface area contributed by atoms with Gasteiger partial charge in [0.1, 0.15) is 12.6 Å². The summed E-state index contributed by atoms with van der Waals surface area (Å²) in [7, 11) is 0. The van der Waals surface area contributed by atoms with E-state index in [4.69, 9.17) is 4.74 Å². The van der Waals surface area contributed by atoms with Crippen LogP contribution in [0.3, 0.4) is 0 Å². The third-order valence-electron chi connectivity index (χ3n) is 4.03. The summed E-state index contributed by atoms with van der Waals surface area (Å²) in [4.78, 5) is 35.3. The Morgan fingerprint density at radius 3 is 2.13 bits per heavy atom. The highest BCUT2D eigenvalue weighted by atomic mass is 19.4. The number of carbonyl (C=O) groups excluding carboxylic acids is 2. The Kier molecular flexibility index (Phi) is 7.54. The first-order chi connectivity index (χ1) is 14.1. The quantitative estimate of drug-likeness (QED) is 0.560. The number of carboxylic acid groups (broad SMARTS) is 1. The van der Waals surface area contributed by atoms with E-state index in [-0.39, 0.29) is 12.2 Å². The largest absolute Gasteiger partial charge is 0.480 e. The third kappa shape index (κ3) is 6.59. The number of rotatable bonds is 8. The number of ether oxygens (including phenoxy) is 1. The van der Waals surface area contributed by atoms with Crippen LogP contribution in [0.25, 0.3) is 0 Å². The monoisotopic (exact) mass is 425 g/mol. The zero-order valence-corrected chi connectivity index (χ0v) is 15.4. The average Bonchev–Trinajstić information content (AvgIpc) is 2.71. The van der Waals surface area contributed by atoms with E-state index in [1.807, 2.05) is 5.32 Å². The standard InChI is InChI=1S/C20H18F3NO6/c21-20(22,23)14-8-6-13(7-9-14)17(26)18(27)24-15(19(28)29)10-16(25)30-11-12-4-2-1-3-5-12/h1-9,15,17,26H,10-11H2,(H,24,27)(H,28,29)/t15-,17-/m1/s1. The van der Waals surface area contributed by atoms with E-state index in [1.54, 1.807) is 30.3 Å². The highest BCUT2D eigenvalue weighted by Gasteiger charge is 2.31. The Hall–Kier alpha value is -3.40. The molecule has 0 saturated carbocycles. The first-order valence-electron chi connectivity index (χ1n) is 8.66. The molecule has 0 aliphatic rings. The van der Waals surface area contributed by atoms with Crippen LogP contribution in [0.2, 0.25) is 0 Å². The maximum absolute atomic E-state index is 12.6. The molecule has 0 radical (unpaired) electrons. The molecule has 160 valence electrons. The first-order valence-corrected chi connectivity index (χ1v) is 8.66. The number of carbonyl (C=O) groups is 3. The summed E-state index contributed by atoms with van der Waals surface area (Å²) in [5.74, 6) is -3.62. The fourth-order valence-electron chi connectivity index (χ4n) is 2.42. The Balaban J connectivity index is 1.95. The zero-order valence-electron chi connectivity index (χ0n) is 15.4. The Morgan fingerprint density at radius 2 is 1.60 bits per heavy atom. The summed E-state index contributed by atoms with van der Waals surface area (Å²) in [6.07, 6.45) is -7.21. The third-order valence-corrected chi connectivity index (χ3v) is 4.03. The van der Waals surface area contributed by atoms with E-state index < -0.39 is 48.2 Å². The summed E-state index contributed by atoms with van der Waals surface area (Å²) in [6.45, 7) is -0.0891. The highest BCUT2D eigenvalue weighted by Crippen LogP contribution is 2.30. The summed E-state index contributed by atoms with van der Waals surface area (Å²) in [5, 5.41) is 21.2. The van der Waals surface area contributed by atoms with E-state index in [0.717, 1.165) is 12.1 Å². The zero-order chi connectivity index (χ0) is 22.3. The molecule has 7 nitrogen and oxygen atoms in total. The minimum absolute atomic E-state index is 0.0891. The lowest BCUT2D eigenvalue weighted by atomic mass is 10.1. The van der Waals surface area contributed by atoms with E-state index in [2.05, 4.69) is 0 Å². The molecule has 0 aromatic heterocycles. The fourth-order valence-corrected chi connectivity index (χ4v) is 2.42. The highest BCUT2D eigenvalue weighted by molar-refractivity contribution is 5.89. The van der Waals surface area contributed by atoms with Crippen molar-refractivity contribution >= 4 is 17.8 Å². The second-order valence-electron chi connectivity index (χ2n) is 6.27. The van der Waals surface area contributed by atoms with Gasteiger partial charge in [0.2, 0.25) is 0 Å². The molecule has 0 aliphatic carbocycles. The second-order valence-corrected chi connectivity index (χ2v) is 6.27. The van der Waals surface area contributed by atoms with Crippen molar-refractivity contribution in [2.75, 3.05) is 0 Å².